The number of ether oxygens (including phenoxy) is 1. The smallest absolute Gasteiger partial charge is 0.267 e. The van der Waals surface area contributed by atoms with E-state index in [0.29, 0.717) is 13.1 Å². The quantitative estimate of drug-likeness (QED) is 0.613. The van der Waals surface area contributed by atoms with Crippen molar-refractivity contribution in [3.8, 4) is 5.75 Å². The molecule has 1 amide bonds. The Kier molecular flexibility index (Phi) is 5.98. The van der Waals surface area contributed by atoms with Crippen LogP contribution >= 0.6 is 11.6 Å². The number of nitrogens with zero attached hydrogens (tertiary/aromatic N) is 3. The number of nitrogens with one attached hydrogen (secondary N) is 1. The second kappa shape index (κ2) is 9.04. The standard InChI is InChI=1S/C25H29ClN4O2/c1-2-21-17-30-22(15-18-5-3-8-23(32-21)24(18)30)25(31)27-9-10-28-11-13-29(14-12-28)20-7-4-6-19(26)16-20/h3-8,15-16,21H,2,9-14,17H2,1H3,(H,27,31)/t21-/m0/s1. The summed E-state index contributed by atoms with van der Waals surface area (Å²) in [6.07, 6.45) is 1.01. The molecule has 6 nitrogen and oxygen atoms in total. The Bertz CT molecular complexity index is 1120. The highest BCUT2D eigenvalue weighted by Gasteiger charge is 2.26. The molecule has 0 unspecified atom stereocenters. The number of aromatic nitrogens is 1. The van der Waals surface area contributed by atoms with Gasteiger partial charge in [-0.3, -0.25) is 9.69 Å². The maximum absolute atomic E-state index is 13.0. The molecule has 3 heterocycles. The summed E-state index contributed by atoms with van der Waals surface area (Å²) < 4.78 is 8.21. The second-order valence-electron chi connectivity index (χ2n) is 8.55. The van der Waals surface area contributed by atoms with Gasteiger partial charge in [0.1, 0.15) is 17.5 Å². The molecule has 5 rings (SSSR count). The average Bonchev–Trinajstić information content (AvgIpc) is 3.19. The molecule has 0 saturated carbocycles. The first-order valence-corrected chi connectivity index (χ1v) is 11.8. The monoisotopic (exact) mass is 452 g/mol. The van der Waals surface area contributed by atoms with Gasteiger partial charge < -0.3 is 19.5 Å². The Morgan fingerprint density at radius 3 is 2.72 bits per heavy atom. The first kappa shape index (κ1) is 21.2. The number of carbonyl (C=O) groups excluding carboxylic acids is 1. The van der Waals surface area contributed by atoms with Crippen molar-refractivity contribution in [3.63, 3.8) is 0 Å². The van der Waals surface area contributed by atoms with Crippen LogP contribution in [0.5, 0.6) is 5.75 Å². The Morgan fingerprint density at radius 1 is 1.12 bits per heavy atom. The lowest BCUT2D eigenvalue weighted by atomic mass is 10.2. The number of benzene rings is 2. The Hall–Kier alpha value is -2.70. The van der Waals surface area contributed by atoms with E-state index in [1.165, 1.54) is 5.69 Å². The van der Waals surface area contributed by atoms with Gasteiger partial charge in [0.05, 0.1) is 12.1 Å². The van der Waals surface area contributed by atoms with Gasteiger partial charge in [0, 0.05) is 55.4 Å². The first-order chi connectivity index (χ1) is 15.6. The lowest BCUT2D eigenvalue weighted by Crippen LogP contribution is -2.48. The van der Waals surface area contributed by atoms with E-state index in [1.807, 2.05) is 42.5 Å². The van der Waals surface area contributed by atoms with Crippen LogP contribution in [0.4, 0.5) is 5.69 Å². The number of para-hydroxylation sites is 1. The minimum Gasteiger partial charge on any atom is -0.486 e. The van der Waals surface area contributed by atoms with Crippen molar-refractivity contribution in [2.45, 2.75) is 26.0 Å². The molecule has 2 aromatic carbocycles. The molecule has 3 aromatic rings. The zero-order valence-corrected chi connectivity index (χ0v) is 19.1. The molecule has 2 aliphatic heterocycles. The van der Waals surface area contributed by atoms with E-state index in [9.17, 15) is 4.79 Å². The molecule has 1 fully saturated rings. The van der Waals surface area contributed by atoms with Gasteiger partial charge in [0.15, 0.2) is 0 Å². The van der Waals surface area contributed by atoms with Crippen LogP contribution in [0.25, 0.3) is 10.9 Å². The molecule has 0 aliphatic carbocycles. The van der Waals surface area contributed by atoms with Crippen LogP contribution < -0.4 is 15.0 Å². The largest absolute Gasteiger partial charge is 0.486 e. The van der Waals surface area contributed by atoms with E-state index in [0.717, 1.165) is 66.5 Å². The molecule has 1 saturated heterocycles. The maximum Gasteiger partial charge on any atom is 0.267 e. The zero-order valence-electron chi connectivity index (χ0n) is 18.4. The number of carbonyl (C=O) groups is 1. The maximum atomic E-state index is 13.0. The fourth-order valence-corrected chi connectivity index (χ4v) is 4.90. The van der Waals surface area contributed by atoms with E-state index in [-0.39, 0.29) is 12.0 Å². The van der Waals surface area contributed by atoms with E-state index in [4.69, 9.17) is 16.3 Å². The van der Waals surface area contributed by atoms with Crippen LogP contribution in [-0.2, 0) is 6.54 Å². The highest BCUT2D eigenvalue weighted by atomic mass is 35.5. The summed E-state index contributed by atoms with van der Waals surface area (Å²) in [5.74, 6) is 0.860. The van der Waals surface area contributed by atoms with Gasteiger partial charge in [0.2, 0.25) is 0 Å². The van der Waals surface area contributed by atoms with E-state index >= 15 is 0 Å². The van der Waals surface area contributed by atoms with Crippen LogP contribution in [0, 0.1) is 0 Å². The van der Waals surface area contributed by atoms with Gasteiger partial charge in [-0.2, -0.15) is 0 Å². The zero-order chi connectivity index (χ0) is 22.1. The fraction of sp³-hybridized carbons (Fsp3) is 0.400. The van der Waals surface area contributed by atoms with Gasteiger partial charge in [-0.05, 0) is 36.8 Å². The summed E-state index contributed by atoms with van der Waals surface area (Å²) in [6, 6.07) is 16.0. The van der Waals surface area contributed by atoms with Crippen molar-refractivity contribution in [1.82, 2.24) is 14.8 Å². The Morgan fingerprint density at radius 2 is 1.94 bits per heavy atom. The number of anilines is 1. The van der Waals surface area contributed by atoms with Gasteiger partial charge in [-0.15, -0.1) is 0 Å². The van der Waals surface area contributed by atoms with Crippen molar-refractivity contribution in [2.24, 2.45) is 0 Å². The molecule has 32 heavy (non-hydrogen) atoms. The highest BCUT2D eigenvalue weighted by Crippen LogP contribution is 2.34. The van der Waals surface area contributed by atoms with E-state index in [2.05, 4.69) is 32.7 Å². The molecule has 0 bridgehead atoms. The third kappa shape index (κ3) is 4.17. The lowest BCUT2D eigenvalue weighted by Gasteiger charge is -2.36. The highest BCUT2D eigenvalue weighted by molar-refractivity contribution is 6.30. The van der Waals surface area contributed by atoms with Crippen LogP contribution in [0.3, 0.4) is 0 Å². The Labute approximate surface area is 193 Å². The number of piperazine rings is 1. The fourth-order valence-electron chi connectivity index (χ4n) is 4.72. The van der Waals surface area contributed by atoms with Crippen molar-refractivity contribution in [1.29, 1.82) is 0 Å². The van der Waals surface area contributed by atoms with Crippen molar-refractivity contribution in [2.75, 3.05) is 44.2 Å². The molecule has 0 spiro atoms. The molecule has 1 aromatic heterocycles. The normalized spacial score (nSPS) is 18.6. The minimum atomic E-state index is -0.0125. The lowest BCUT2D eigenvalue weighted by molar-refractivity contribution is 0.0932. The molecule has 168 valence electrons. The molecule has 1 N–H and O–H groups in total. The van der Waals surface area contributed by atoms with E-state index in [1.54, 1.807) is 0 Å². The van der Waals surface area contributed by atoms with E-state index < -0.39 is 0 Å². The molecular weight excluding hydrogens is 424 g/mol. The number of hydrogen-bond donors (Lipinski definition) is 1. The molecule has 1 atom stereocenters. The number of hydrogen-bond acceptors (Lipinski definition) is 4. The average molecular weight is 453 g/mol. The molecule has 2 aliphatic rings. The van der Waals surface area contributed by atoms with Crippen LogP contribution in [0.2, 0.25) is 5.02 Å². The topological polar surface area (TPSA) is 49.7 Å². The van der Waals surface area contributed by atoms with Crippen LogP contribution in [0.1, 0.15) is 23.8 Å². The SMILES string of the molecule is CC[C@H]1Cn2c(C(=O)NCCN3CCN(c4cccc(Cl)c4)CC3)cc3cccc(c32)O1. The van der Waals surface area contributed by atoms with Crippen molar-refractivity contribution >= 4 is 34.1 Å². The third-order valence-electron chi connectivity index (χ3n) is 6.51. The van der Waals surface area contributed by atoms with Gasteiger partial charge in [-0.25, -0.2) is 0 Å². The van der Waals surface area contributed by atoms with Crippen molar-refractivity contribution in [3.05, 3.63) is 59.2 Å². The summed E-state index contributed by atoms with van der Waals surface area (Å²) in [4.78, 5) is 17.8. The third-order valence-corrected chi connectivity index (χ3v) is 6.75. The summed E-state index contributed by atoms with van der Waals surface area (Å²) >= 11 is 6.13. The molecule has 0 radical (unpaired) electrons. The number of halogens is 1. The predicted octanol–water partition coefficient (Wildman–Crippen LogP) is 4.02. The van der Waals surface area contributed by atoms with Crippen molar-refractivity contribution < 1.29 is 9.53 Å². The van der Waals surface area contributed by atoms with Gasteiger partial charge in [0.25, 0.3) is 5.91 Å². The Balaban J connectivity index is 1.17. The van der Waals surface area contributed by atoms with Crippen LogP contribution in [0.15, 0.2) is 48.5 Å². The summed E-state index contributed by atoms with van der Waals surface area (Å²) in [7, 11) is 0. The van der Waals surface area contributed by atoms with Gasteiger partial charge in [-0.1, -0.05) is 36.7 Å². The van der Waals surface area contributed by atoms with Crippen LogP contribution in [-0.4, -0.2) is 60.7 Å². The summed E-state index contributed by atoms with van der Waals surface area (Å²) in [5.41, 5.74) is 2.92. The molecular formula is C25H29ClN4O2. The minimum absolute atomic E-state index is 0.0125. The summed E-state index contributed by atoms with van der Waals surface area (Å²) in [5, 5.41) is 4.96. The number of rotatable bonds is 6. The first-order valence-electron chi connectivity index (χ1n) is 11.4. The molecule has 7 heteroatoms. The van der Waals surface area contributed by atoms with Gasteiger partial charge >= 0.3 is 0 Å². The second-order valence-corrected chi connectivity index (χ2v) is 8.98. The summed E-state index contributed by atoms with van der Waals surface area (Å²) in [6.45, 7) is 8.19. The predicted molar refractivity (Wildman–Crippen MR) is 129 cm³/mol. The number of amides is 1.